The van der Waals surface area contributed by atoms with Crippen LogP contribution in [0.25, 0.3) is 10.1 Å². The molecule has 2 aromatic heterocycles. The van der Waals surface area contributed by atoms with Crippen LogP contribution in [0.1, 0.15) is 29.5 Å². The highest BCUT2D eigenvalue weighted by Crippen LogP contribution is 2.37. The van der Waals surface area contributed by atoms with E-state index < -0.39 is 5.97 Å². The van der Waals surface area contributed by atoms with Gasteiger partial charge in [0.15, 0.2) is 0 Å². The first kappa shape index (κ1) is 16.2. The summed E-state index contributed by atoms with van der Waals surface area (Å²) in [7, 11) is 0. The van der Waals surface area contributed by atoms with Crippen LogP contribution in [-0.2, 0) is 4.79 Å². The summed E-state index contributed by atoms with van der Waals surface area (Å²) in [4.78, 5) is 19.6. The van der Waals surface area contributed by atoms with Crippen molar-refractivity contribution >= 4 is 27.4 Å². The molecule has 1 aromatic carbocycles. The summed E-state index contributed by atoms with van der Waals surface area (Å²) < 4.78 is 1.25. The molecule has 1 saturated heterocycles. The number of rotatable bonds is 4. The highest BCUT2D eigenvalue weighted by molar-refractivity contribution is 7.19. The highest BCUT2D eigenvalue weighted by Gasteiger charge is 2.32. The fourth-order valence-electron chi connectivity index (χ4n) is 3.63. The van der Waals surface area contributed by atoms with Gasteiger partial charge < -0.3 is 5.11 Å². The Labute approximate surface area is 150 Å². The molecule has 3 heterocycles. The summed E-state index contributed by atoms with van der Waals surface area (Å²) in [5, 5.41) is 10.7. The topological polar surface area (TPSA) is 53.4 Å². The van der Waals surface area contributed by atoms with E-state index in [4.69, 9.17) is 0 Å². The zero-order valence-electron chi connectivity index (χ0n) is 13.8. The van der Waals surface area contributed by atoms with Gasteiger partial charge in [-0.1, -0.05) is 24.3 Å². The van der Waals surface area contributed by atoms with Crippen molar-refractivity contribution in [2.45, 2.75) is 18.9 Å². The van der Waals surface area contributed by atoms with Gasteiger partial charge in [-0.2, -0.15) is 0 Å². The molecule has 0 radical (unpaired) electrons. The van der Waals surface area contributed by atoms with Crippen LogP contribution in [0.2, 0.25) is 0 Å². The first-order chi connectivity index (χ1) is 12.2. The molecule has 0 amide bonds. The van der Waals surface area contributed by atoms with E-state index in [9.17, 15) is 9.90 Å². The first-order valence-electron chi connectivity index (χ1n) is 8.58. The van der Waals surface area contributed by atoms with E-state index in [1.807, 2.05) is 24.4 Å². The number of aliphatic carboxylic acids is 1. The predicted octanol–water partition coefficient (Wildman–Crippen LogP) is 4.18. The number of hydrogen-bond acceptors (Lipinski definition) is 4. The summed E-state index contributed by atoms with van der Waals surface area (Å²) in [5.41, 5.74) is 0.986. The smallest absolute Gasteiger partial charge is 0.307 e. The van der Waals surface area contributed by atoms with Gasteiger partial charge in [0, 0.05) is 22.3 Å². The maximum Gasteiger partial charge on any atom is 0.307 e. The lowest BCUT2D eigenvalue weighted by Crippen LogP contribution is -2.41. The molecule has 0 bridgehead atoms. The Balaban J connectivity index is 1.75. The lowest BCUT2D eigenvalue weighted by molar-refractivity contribution is -0.143. The second-order valence-electron chi connectivity index (χ2n) is 6.52. The van der Waals surface area contributed by atoms with Gasteiger partial charge in [-0.05, 0) is 49.0 Å². The average Bonchev–Trinajstić information content (AvgIpc) is 3.06. The number of benzene rings is 1. The number of fused-ring (bicyclic) bond motifs is 1. The van der Waals surface area contributed by atoms with Gasteiger partial charge in [-0.3, -0.25) is 14.7 Å². The highest BCUT2D eigenvalue weighted by atomic mass is 32.1. The van der Waals surface area contributed by atoms with Crippen molar-refractivity contribution in [1.29, 1.82) is 0 Å². The number of pyridine rings is 1. The van der Waals surface area contributed by atoms with Gasteiger partial charge in [-0.15, -0.1) is 11.3 Å². The fraction of sp³-hybridized carbons (Fsp3) is 0.300. The number of carbonyl (C=O) groups is 1. The second-order valence-corrected chi connectivity index (χ2v) is 7.63. The van der Waals surface area contributed by atoms with Gasteiger partial charge in [-0.25, -0.2) is 0 Å². The van der Waals surface area contributed by atoms with Crippen LogP contribution in [0.5, 0.6) is 0 Å². The minimum atomic E-state index is -0.694. The van der Waals surface area contributed by atoms with Gasteiger partial charge in [0.2, 0.25) is 0 Å². The lowest BCUT2D eigenvalue weighted by atomic mass is 9.95. The van der Waals surface area contributed by atoms with Crippen LogP contribution in [0, 0.1) is 5.92 Å². The van der Waals surface area contributed by atoms with Crippen LogP contribution >= 0.6 is 11.3 Å². The van der Waals surface area contributed by atoms with Gasteiger partial charge in [0.1, 0.15) is 0 Å². The molecule has 128 valence electrons. The van der Waals surface area contributed by atoms with Crippen LogP contribution in [-0.4, -0.2) is 34.0 Å². The summed E-state index contributed by atoms with van der Waals surface area (Å²) in [6, 6.07) is 16.6. The van der Waals surface area contributed by atoms with Crippen LogP contribution in [0.3, 0.4) is 0 Å². The Bertz CT molecular complexity index is 845. The molecule has 4 nitrogen and oxygen atoms in total. The number of carboxylic acids is 1. The lowest BCUT2D eigenvalue weighted by Gasteiger charge is -2.36. The number of thiophene rings is 1. The van der Waals surface area contributed by atoms with E-state index >= 15 is 0 Å². The Kier molecular flexibility index (Phi) is 4.51. The van der Waals surface area contributed by atoms with Gasteiger partial charge in [0.25, 0.3) is 0 Å². The summed E-state index contributed by atoms with van der Waals surface area (Å²) in [6.07, 6.45) is 3.48. The minimum absolute atomic E-state index is 0.0146. The van der Waals surface area contributed by atoms with Crippen molar-refractivity contribution in [2.75, 3.05) is 13.1 Å². The van der Waals surface area contributed by atoms with Crippen molar-refractivity contribution in [3.05, 3.63) is 65.3 Å². The molecule has 25 heavy (non-hydrogen) atoms. The maximum absolute atomic E-state index is 11.5. The minimum Gasteiger partial charge on any atom is -0.481 e. The van der Waals surface area contributed by atoms with Crippen molar-refractivity contribution in [1.82, 2.24) is 9.88 Å². The number of carboxylic acid groups (broad SMARTS) is 1. The Morgan fingerprint density at radius 1 is 1.24 bits per heavy atom. The maximum atomic E-state index is 11.5. The van der Waals surface area contributed by atoms with Gasteiger partial charge in [0.05, 0.1) is 17.7 Å². The van der Waals surface area contributed by atoms with Crippen molar-refractivity contribution < 1.29 is 9.90 Å². The number of aromatic nitrogens is 1. The van der Waals surface area contributed by atoms with Crippen molar-refractivity contribution in [3.63, 3.8) is 0 Å². The molecule has 4 rings (SSSR count). The fourth-order valence-corrected chi connectivity index (χ4v) is 4.84. The molecule has 1 aliphatic rings. The van der Waals surface area contributed by atoms with Crippen LogP contribution in [0.4, 0.5) is 0 Å². The predicted molar refractivity (Wildman–Crippen MR) is 99.8 cm³/mol. The first-order valence-corrected chi connectivity index (χ1v) is 9.40. The summed E-state index contributed by atoms with van der Waals surface area (Å²) in [5.74, 6) is -0.991. The molecule has 2 atom stereocenters. The molecule has 0 spiro atoms. The molecule has 1 aliphatic heterocycles. The van der Waals surface area contributed by atoms with E-state index in [-0.39, 0.29) is 12.0 Å². The van der Waals surface area contributed by atoms with Gasteiger partial charge >= 0.3 is 5.97 Å². The third kappa shape index (κ3) is 3.30. The third-order valence-electron chi connectivity index (χ3n) is 4.85. The average molecular weight is 352 g/mol. The standard InChI is InChI=1S/C20H20N2O2S/c23-20(24)15-7-5-11-22(13-15)19(16-8-3-4-10-21-16)18-12-14-6-1-2-9-17(14)25-18/h1-4,6,8-10,12,15,19H,5,7,11,13H2,(H,23,24). The third-order valence-corrected chi connectivity index (χ3v) is 6.02. The van der Waals surface area contributed by atoms with E-state index in [0.717, 1.165) is 25.1 Å². The van der Waals surface area contributed by atoms with Crippen molar-refractivity contribution in [3.8, 4) is 0 Å². The summed E-state index contributed by atoms with van der Waals surface area (Å²) in [6.45, 7) is 1.48. The molecular weight excluding hydrogens is 332 g/mol. The molecule has 0 aliphatic carbocycles. The molecule has 5 heteroatoms. The van der Waals surface area contributed by atoms with Crippen molar-refractivity contribution in [2.24, 2.45) is 5.92 Å². The molecular formula is C20H20N2O2S. The van der Waals surface area contributed by atoms with Crippen LogP contribution in [0.15, 0.2) is 54.7 Å². The second kappa shape index (κ2) is 6.94. The molecule has 1 N–H and O–H groups in total. The van der Waals surface area contributed by atoms with E-state index in [0.29, 0.717) is 6.54 Å². The molecule has 0 saturated carbocycles. The number of piperidine rings is 1. The SMILES string of the molecule is O=C(O)C1CCCN(C(c2ccccn2)c2cc3ccccc3s2)C1. The molecule has 3 aromatic rings. The molecule has 2 unspecified atom stereocenters. The number of hydrogen-bond donors (Lipinski definition) is 1. The Morgan fingerprint density at radius 3 is 2.84 bits per heavy atom. The zero-order chi connectivity index (χ0) is 17.2. The van der Waals surface area contributed by atoms with E-state index in [1.165, 1.54) is 15.0 Å². The Morgan fingerprint density at radius 2 is 2.08 bits per heavy atom. The monoisotopic (exact) mass is 352 g/mol. The largest absolute Gasteiger partial charge is 0.481 e. The Hall–Kier alpha value is -2.24. The zero-order valence-corrected chi connectivity index (χ0v) is 14.7. The molecule has 1 fully saturated rings. The number of likely N-dealkylation sites (tertiary alicyclic amines) is 1. The van der Waals surface area contributed by atoms with E-state index in [2.05, 4.69) is 40.2 Å². The van der Waals surface area contributed by atoms with E-state index in [1.54, 1.807) is 11.3 Å². The normalized spacial score (nSPS) is 19.8. The number of nitrogens with zero attached hydrogens (tertiary/aromatic N) is 2. The summed E-state index contributed by atoms with van der Waals surface area (Å²) >= 11 is 1.77. The van der Waals surface area contributed by atoms with Crippen LogP contribution < -0.4 is 0 Å². The quantitative estimate of drug-likeness (QED) is 0.765.